The summed E-state index contributed by atoms with van der Waals surface area (Å²) in [6.07, 6.45) is 1.03. The van der Waals surface area contributed by atoms with E-state index in [1.807, 2.05) is 23.9 Å². The molecule has 0 saturated heterocycles. The van der Waals surface area contributed by atoms with Crippen molar-refractivity contribution in [3.05, 3.63) is 33.8 Å². The number of thioether (sulfide) groups is 1. The molecule has 1 aromatic carbocycles. The number of hydrogen-bond donors (Lipinski definition) is 1. The first kappa shape index (κ1) is 13.2. The van der Waals surface area contributed by atoms with Crippen LogP contribution in [-0.2, 0) is 5.75 Å². The summed E-state index contributed by atoms with van der Waals surface area (Å²) in [5.74, 6) is 0.889. The summed E-state index contributed by atoms with van der Waals surface area (Å²) in [6.45, 7) is 2.91. The Balaban J connectivity index is 2.53. The van der Waals surface area contributed by atoms with Crippen LogP contribution in [0, 0.1) is 0 Å². The quantitative estimate of drug-likeness (QED) is 0.871. The van der Waals surface area contributed by atoms with Crippen molar-refractivity contribution < 1.29 is 0 Å². The van der Waals surface area contributed by atoms with Gasteiger partial charge in [-0.05, 0) is 36.7 Å². The predicted octanol–water partition coefficient (Wildman–Crippen LogP) is 3.96. The van der Waals surface area contributed by atoms with Crippen molar-refractivity contribution in [2.24, 2.45) is 5.73 Å². The first-order valence-electron chi connectivity index (χ1n) is 4.89. The smallest absolute Gasteiger partial charge is 0.0447 e. The van der Waals surface area contributed by atoms with E-state index in [1.165, 1.54) is 0 Å². The Bertz CT molecular complexity index is 317. The third kappa shape index (κ3) is 4.64. The average molecular weight is 264 g/mol. The van der Waals surface area contributed by atoms with E-state index in [-0.39, 0.29) is 0 Å². The second kappa shape index (κ2) is 6.64. The van der Waals surface area contributed by atoms with E-state index in [0.29, 0.717) is 5.25 Å². The summed E-state index contributed by atoms with van der Waals surface area (Å²) >= 11 is 13.8. The van der Waals surface area contributed by atoms with Gasteiger partial charge < -0.3 is 5.73 Å². The fraction of sp³-hybridized carbons (Fsp3) is 0.455. The molecule has 15 heavy (non-hydrogen) atoms. The molecule has 84 valence electrons. The van der Waals surface area contributed by atoms with Crippen molar-refractivity contribution in [1.82, 2.24) is 0 Å². The topological polar surface area (TPSA) is 26.0 Å². The third-order valence-corrected chi connectivity index (χ3v) is 3.99. The largest absolute Gasteiger partial charge is 0.330 e. The number of benzene rings is 1. The monoisotopic (exact) mass is 263 g/mol. The molecule has 0 aliphatic heterocycles. The van der Waals surface area contributed by atoms with E-state index in [2.05, 4.69) is 6.92 Å². The summed E-state index contributed by atoms with van der Waals surface area (Å²) in [5.41, 5.74) is 6.59. The van der Waals surface area contributed by atoms with Gasteiger partial charge in [0, 0.05) is 21.0 Å². The number of halogens is 2. The van der Waals surface area contributed by atoms with Crippen molar-refractivity contribution in [2.45, 2.75) is 24.3 Å². The highest BCUT2D eigenvalue weighted by Gasteiger charge is 2.05. The molecule has 1 rings (SSSR count). The van der Waals surface area contributed by atoms with Crippen LogP contribution in [0.2, 0.25) is 10.0 Å². The van der Waals surface area contributed by atoms with Crippen LogP contribution < -0.4 is 5.73 Å². The van der Waals surface area contributed by atoms with Gasteiger partial charge >= 0.3 is 0 Å². The fourth-order valence-corrected chi connectivity index (χ4v) is 2.67. The van der Waals surface area contributed by atoms with Gasteiger partial charge in [-0.25, -0.2) is 0 Å². The van der Waals surface area contributed by atoms with Crippen LogP contribution in [0.25, 0.3) is 0 Å². The van der Waals surface area contributed by atoms with Crippen molar-refractivity contribution in [1.29, 1.82) is 0 Å². The van der Waals surface area contributed by atoms with Crippen molar-refractivity contribution in [2.75, 3.05) is 6.54 Å². The Kier molecular flexibility index (Phi) is 5.83. The maximum atomic E-state index is 6.06. The van der Waals surface area contributed by atoms with E-state index in [1.54, 1.807) is 6.07 Å². The second-order valence-corrected chi connectivity index (χ2v) is 5.71. The van der Waals surface area contributed by atoms with E-state index >= 15 is 0 Å². The summed E-state index contributed by atoms with van der Waals surface area (Å²) in [6, 6.07) is 5.57. The highest BCUT2D eigenvalue weighted by molar-refractivity contribution is 7.99. The van der Waals surface area contributed by atoms with Crippen molar-refractivity contribution in [3.8, 4) is 0 Å². The lowest BCUT2D eigenvalue weighted by Gasteiger charge is -2.10. The summed E-state index contributed by atoms with van der Waals surface area (Å²) in [5, 5.41) is 2.08. The normalized spacial score (nSPS) is 12.8. The Labute approximate surface area is 105 Å². The number of rotatable bonds is 5. The highest BCUT2D eigenvalue weighted by Crippen LogP contribution is 2.27. The minimum Gasteiger partial charge on any atom is -0.330 e. The summed E-state index contributed by atoms with van der Waals surface area (Å²) in [4.78, 5) is 0. The lowest BCUT2D eigenvalue weighted by Crippen LogP contribution is -2.07. The lowest BCUT2D eigenvalue weighted by atomic mass is 10.2. The van der Waals surface area contributed by atoms with Crippen LogP contribution in [0.4, 0.5) is 0 Å². The average Bonchev–Trinajstić information content (AvgIpc) is 2.20. The zero-order chi connectivity index (χ0) is 11.3. The first-order chi connectivity index (χ1) is 7.13. The van der Waals surface area contributed by atoms with Gasteiger partial charge in [0.1, 0.15) is 0 Å². The van der Waals surface area contributed by atoms with Crippen LogP contribution in [-0.4, -0.2) is 11.8 Å². The fourth-order valence-electron chi connectivity index (χ4n) is 1.20. The van der Waals surface area contributed by atoms with E-state index in [0.717, 1.165) is 34.3 Å². The third-order valence-electron chi connectivity index (χ3n) is 2.10. The molecule has 0 aliphatic carbocycles. The van der Waals surface area contributed by atoms with Gasteiger partial charge in [0.2, 0.25) is 0 Å². The Morgan fingerprint density at radius 1 is 1.40 bits per heavy atom. The standard InChI is InChI=1S/C11H15Cl2NS/c1-8(4-5-14)15-7-9-6-10(12)2-3-11(9)13/h2-3,6,8H,4-5,7,14H2,1H3. The molecule has 0 heterocycles. The van der Waals surface area contributed by atoms with Gasteiger partial charge in [-0.3, -0.25) is 0 Å². The molecule has 0 bridgehead atoms. The Hall–Kier alpha value is 0.110. The van der Waals surface area contributed by atoms with Crippen LogP contribution in [0.5, 0.6) is 0 Å². The second-order valence-electron chi connectivity index (χ2n) is 3.43. The molecule has 1 nitrogen and oxygen atoms in total. The Morgan fingerprint density at radius 2 is 2.13 bits per heavy atom. The van der Waals surface area contributed by atoms with Crippen molar-refractivity contribution in [3.63, 3.8) is 0 Å². The van der Waals surface area contributed by atoms with Crippen molar-refractivity contribution >= 4 is 35.0 Å². The highest BCUT2D eigenvalue weighted by atomic mass is 35.5. The molecule has 2 N–H and O–H groups in total. The van der Waals surface area contributed by atoms with Crippen LogP contribution in [0.1, 0.15) is 18.9 Å². The molecular weight excluding hydrogens is 249 g/mol. The van der Waals surface area contributed by atoms with Gasteiger partial charge in [0.05, 0.1) is 0 Å². The molecule has 1 aromatic rings. The molecule has 1 unspecified atom stereocenters. The molecular formula is C11H15Cl2NS. The van der Waals surface area contributed by atoms with Crippen LogP contribution in [0.15, 0.2) is 18.2 Å². The molecule has 0 saturated carbocycles. The van der Waals surface area contributed by atoms with Gasteiger partial charge in [-0.15, -0.1) is 0 Å². The molecule has 0 spiro atoms. The maximum Gasteiger partial charge on any atom is 0.0447 e. The zero-order valence-corrected chi connectivity index (χ0v) is 11.0. The van der Waals surface area contributed by atoms with E-state index in [9.17, 15) is 0 Å². The van der Waals surface area contributed by atoms with Gasteiger partial charge in [-0.1, -0.05) is 30.1 Å². The first-order valence-corrected chi connectivity index (χ1v) is 6.69. The van der Waals surface area contributed by atoms with Crippen LogP contribution >= 0.6 is 35.0 Å². The van der Waals surface area contributed by atoms with E-state index in [4.69, 9.17) is 28.9 Å². The molecule has 1 atom stereocenters. The molecule has 0 aliphatic rings. The number of hydrogen-bond acceptors (Lipinski definition) is 2. The minimum atomic E-state index is 0.560. The minimum absolute atomic E-state index is 0.560. The zero-order valence-electron chi connectivity index (χ0n) is 8.67. The molecule has 4 heteroatoms. The molecule has 0 aromatic heterocycles. The van der Waals surface area contributed by atoms with Gasteiger partial charge in [-0.2, -0.15) is 11.8 Å². The molecule has 0 fully saturated rings. The lowest BCUT2D eigenvalue weighted by molar-refractivity contribution is 0.823. The van der Waals surface area contributed by atoms with E-state index < -0.39 is 0 Å². The van der Waals surface area contributed by atoms with Gasteiger partial charge in [0.15, 0.2) is 0 Å². The maximum absolute atomic E-state index is 6.06. The predicted molar refractivity (Wildman–Crippen MR) is 70.9 cm³/mol. The molecule has 0 radical (unpaired) electrons. The molecule has 0 amide bonds. The SMILES string of the molecule is CC(CCN)SCc1cc(Cl)ccc1Cl. The van der Waals surface area contributed by atoms with Crippen LogP contribution in [0.3, 0.4) is 0 Å². The Morgan fingerprint density at radius 3 is 2.80 bits per heavy atom. The summed E-state index contributed by atoms with van der Waals surface area (Å²) < 4.78 is 0. The number of nitrogens with two attached hydrogens (primary N) is 1. The summed E-state index contributed by atoms with van der Waals surface area (Å²) in [7, 11) is 0. The van der Waals surface area contributed by atoms with Gasteiger partial charge in [0.25, 0.3) is 0 Å².